The molecule has 0 aliphatic heterocycles. The quantitative estimate of drug-likeness (QED) is 0.162. The molecule has 0 fully saturated rings. The fourth-order valence-electron chi connectivity index (χ4n) is 4.64. The second-order valence-electron chi connectivity index (χ2n) is 9.17. The standard InChI is InChI=1S/C33H32O2/c1-3-24(2)26-17-19-29(20-18-26)35-33(34-22-21-25-11-5-4-6-12-25)32-30-15-9-7-13-27(30)23-28-14-8-10-16-31(28)32/h4-20,23-24,33H,3,21-22H2,1-2H3. The van der Waals surface area contributed by atoms with Crippen molar-refractivity contribution in [2.45, 2.75) is 38.9 Å². The minimum Gasteiger partial charge on any atom is -0.461 e. The molecule has 2 heteroatoms. The molecule has 2 unspecified atom stereocenters. The monoisotopic (exact) mass is 460 g/mol. The normalized spacial score (nSPS) is 13.1. The molecular weight excluding hydrogens is 428 g/mol. The van der Waals surface area contributed by atoms with Crippen molar-refractivity contribution in [2.24, 2.45) is 0 Å². The van der Waals surface area contributed by atoms with Gasteiger partial charge >= 0.3 is 0 Å². The molecule has 0 N–H and O–H groups in total. The minimum absolute atomic E-state index is 0.524. The SMILES string of the molecule is CCC(C)c1ccc(OC(OCCc2ccccc2)c2c3ccccc3cc3ccccc23)cc1. The molecule has 0 amide bonds. The van der Waals surface area contributed by atoms with Gasteiger partial charge in [0.1, 0.15) is 5.75 Å². The van der Waals surface area contributed by atoms with E-state index in [0.717, 1.165) is 34.9 Å². The van der Waals surface area contributed by atoms with E-state index in [2.05, 4.69) is 117 Å². The highest BCUT2D eigenvalue weighted by Crippen LogP contribution is 2.36. The number of hydrogen-bond acceptors (Lipinski definition) is 2. The first kappa shape index (κ1) is 23.1. The van der Waals surface area contributed by atoms with Gasteiger partial charge in [0, 0.05) is 5.56 Å². The van der Waals surface area contributed by atoms with Gasteiger partial charge in [0.25, 0.3) is 0 Å². The number of benzene rings is 5. The summed E-state index contributed by atoms with van der Waals surface area (Å²) in [6, 6.07) is 38.2. The van der Waals surface area contributed by atoms with Crippen molar-refractivity contribution >= 4 is 21.5 Å². The molecule has 0 aromatic heterocycles. The average Bonchev–Trinajstić information content (AvgIpc) is 2.92. The molecule has 0 saturated carbocycles. The van der Waals surface area contributed by atoms with Crippen LogP contribution in [0.15, 0.2) is 109 Å². The van der Waals surface area contributed by atoms with Crippen LogP contribution in [-0.2, 0) is 11.2 Å². The Labute approximate surface area is 208 Å². The second kappa shape index (κ2) is 10.8. The predicted molar refractivity (Wildman–Crippen MR) is 146 cm³/mol. The molecular formula is C33H32O2. The van der Waals surface area contributed by atoms with E-state index < -0.39 is 6.29 Å². The van der Waals surface area contributed by atoms with Gasteiger partial charge in [0.05, 0.1) is 6.61 Å². The topological polar surface area (TPSA) is 18.5 Å². The summed E-state index contributed by atoms with van der Waals surface area (Å²) in [5, 5.41) is 4.70. The lowest BCUT2D eigenvalue weighted by Gasteiger charge is -2.24. The van der Waals surface area contributed by atoms with Gasteiger partial charge in [-0.25, -0.2) is 0 Å². The van der Waals surface area contributed by atoms with Gasteiger partial charge in [0.15, 0.2) is 0 Å². The molecule has 0 aliphatic carbocycles. The van der Waals surface area contributed by atoms with E-state index in [1.807, 2.05) is 6.07 Å². The molecule has 5 rings (SSSR count). The molecule has 0 saturated heterocycles. The number of fused-ring (bicyclic) bond motifs is 2. The third-order valence-electron chi connectivity index (χ3n) is 6.86. The minimum atomic E-state index is -0.524. The van der Waals surface area contributed by atoms with Crippen LogP contribution in [0.25, 0.3) is 21.5 Å². The zero-order valence-electron chi connectivity index (χ0n) is 20.5. The number of ether oxygens (including phenoxy) is 2. The van der Waals surface area contributed by atoms with E-state index in [1.54, 1.807) is 0 Å². The van der Waals surface area contributed by atoms with Crippen LogP contribution in [0.5, 0.6) is 5.75 Å². The van der Waals surface area contributed by atoms with Crippen molar-refractivity contribution in [2.75, 3.05) is 6.61 Å². The first-order valence-corrected chi connectivity index (χ1v) is 12.6. The summed E-state index contributed by atoms with van der Waals surface area (Å²) in [5.74, 6) is 1.35. The van der Waals surface area contributed by atoms with Gasteiger partial charge in [-0.3, -0.25) is 0 Å². The summed E-state index contributed by atoms with van der Waals surface area (Å²) >= 11 is 0. The smallest absolute Gasteiger partial charge is 0.227 e. The maximum absolute atomic E-state index is 6.60. The highest BCUT2D eigenvalue weighted by molar-refractivity contribution is 6.02. The molecule has 0 radical (unpaired) electrons. The Hall–Kier alpha value is -3.62. The van der Waals surface area contributed by atoms with E-state index in [0.29, 0.717) is 12.5 Å². The van der Waals surface area contributed by atoms with Crippen LogP contribution in [0.1, 0.15) is 49.2 Å². The number of hydrogen-bond donors (Lipinski definition) is 0. The molecule has 0 spiro atoms. The Morgan fingerprint density at radius 3 is 1.91 bits per heavy atom. The third-order valence-corrected chi connectivity index (χ3v) is 6.86. The van der Waals surface area contributed by atoms with Crippen LogP contribution in [0.3, 0.4) is 0 Å². The van der Waals surface area contributed by atoms with Gasteiger partial charge in [-0.1, -0.05) is 105 Å². The van der Waals surface area contributed by atoms with Crippen molar-refractivity contribution < 1.29 is 9.47 Å². The Morgan fingerprint density at radius 2 is 1.29 bits per heavy atom. The average molecular weight is 461 g/mol. The first-order valence-electron chi connectivity index (χ1n) is 12.6. The first-order chi connectivity index (χ1) is 17.2. The summed E-state index contributed by atoms with van der Waals surface area (Å²) in [6.45, 7) is 5.04. The van der Waals surface area contributed by atoms with Crippen LogP contribution in [0.4, 0.5) is 0 Å². The maximum Gasteiger partial charge on any atom is 0.227 e. The van der Waals surface area contributed by atoms with Gasteiger partial charge < -0.3 is 9.47 Å². The van der Waals surface area contributed by atoms with Crippen LogP contribution in [-0.4, -0.2) is 6.61 Å². The number of rotatable bonds is 9. The van der Waals surface area contributed by atoms with Crippen LogP contribution < -0.4 is 4.74 Å². The lowest BCUT2D eigenvalue weighted by Crippen LogP contribution is -2.15. The largest absolute Gasteiger partial charge is 0.461 e. The van der Waals surface area contributed by atoms with Gasteiger partial charge in [-0.2, -0.15) is 0 Å². The van der Waals surface area contributed by atoms with Crippen molar-refractivity contribution in [3.8, 4) is 5.75 Å². The molecule has 176 valence electrons. The second-order valence-corrected chi connectivity index (χ2v) is 9.17. The van der Waals surface area contributed by atoms with Gasteiger partial charge in [-0.15, -0.1) is 0 Å². The van der Waals surface area contributed by atoms with E-state index in [1.165, 1.54) is 21.9 Å². The third kappa shape index (κ3) is 5.23. The fraction of sp³-hybridized carbons (Fsp3) is 0.212. The van der Waals surface area contributed by atoms with E-state index in [-0.39, 0.29) is 0 Å². The molecule has 0 heterocycles. The van der Waals surface area contributed by atoms with E-state index in [9.17, 15) is 0 Å². The predicted octanol–water partition coefficient (Wildman–Crippen LogP) is 8.84. The Balaban J connectivity index is 1.53. The molecule has 35 heavy (non-hydrogen) atoms. The Morgan fingerprint density at radius 1 is 0.686 bits per heavy atom. The van der Waals surface area contributed by atoms with Crippen molar-refractivity contribution in [1.82, 2.24) is 0 Å². The molecule has 0 bridgehead atoms. The van der Waals surface area contributed by atoms with Crippen molar-refractivity contribution in [3.05, 3.63) is 126 Å². The molecule has 0 aliphatic rings. The maximum atomic E-state index is 6.60. The van der Waals surface area contributed by atoms with Gasteiger partial charge in [0.2, 0.25) is 6.29 Å². The zero-order chi connectivity index (χ0) is 24.0. The summed E-state index contributed by atoms with van der Waals surface area (Å²) in [5.41, 5.74) is 3.67. The Bertz CT molecular complexity index is 1340. The zero-order valence-corrected chi connectivity index (χ0v) is 20.5. The Kier molecular flexibility index (Phi) is 7.11. The van der Waals surface area contributed by atoms with Crippen molar-refractivity contribution in [3.63, 3.8) is 0 Å². The highest BCUT2D eigenvalue weighted by Gasteiger charge is 2.21. The van der Waals surface area contributed by atoms with Crippen LogP contribution in [0.2, 0.25) is 0 Å². The van der Waals surface area contributed by atoms with Crippen molar-refractivity contribution in [1.29, 1.82) is 0 Å². The molecule has 5 aromatic carbocycles. The lowest BCUT2D eigenvalue weighted by molar-refractivity contribution is -0.0806. The summed E-state index contributed by atoms with van der Waals surface area (Å²) in [7, 11) is 0. The van der Waals surface area contributed by atoms with Gasteiger partial charge in [-0.05, 0) is 69.6 Å². The fourth-order valence-corrected chi connectivity index (χ4v) is 4.64. The van der Waals surface area contributed by atoms with E-state index >= 15 is 0 Å². The van der Waals surface area contributed by atoms with Crippen LogP contribution >= 0.6 is 0 Å². The molecule has 2 nitrogen and oxygen atoms in total. The molecule has 5 aromatic rings. The lowest BCUT2D eigenvalue weighted by atomic mass is 9.96. The summed E-state index contributed by atoms with van der Waals surface area (Å²) in [6.07, 6.45) is 1.42. The summed E-state index contributed by atoms with van der Waals surface area (Å²) < 4.78 is 13.1. The van der Waals surface area contributed by atoms with E-state index in [4.69, 9.17) is 9.47 Å². The van der Waals surface area contributed by atoms with Crippen LogP contribution in [0, 0.1) is 0 Å². The molecule has 2 atom stereocenters. The highest BCUT2D eigenvalue weighted by atomic mass is 16.7. The summed E-state index contributed by atoms with van der Waals surface area (Å²) in [4.78, 5) is 0.